The molecule has 200 valence electrons. The summed E-state index contributed by atoms with van der Waals surface area (Å²) in [7, 11) is -2.57. The second kappa shape index (κ2) is 11.5. The first-order valence-electron chi connectivity index (χ1n) is 11.8. The van der Waals surface area contributed by atoms with Crippen LogP contribution in [0.15, 0.2) is 70.6 Å². The second-order valence-corrected chi connectivity index (χ2v) is 13.1. The van der Waals surface area contributed by atoms with Gasteiger partial charge in [-0.3, -0.25) is 9.59 Å². The second-order valence-electron chi connectivity index (χ2n) is 9.16. The molecule has 2 N–H and O–H groups in total. The number of para-hydroxylation sites is 1. The lowest BCUT2D eigenvalue weighted by Crippen LogP contribution is -2.53. The average molecular weight is 594 g/mol. The molecule has 0 bridgehead atoms. The van der Waals surface area contributed by atoms with Crippen molar-refractivity contribution in [1.29, 1.82) is 0 Å². The number of benzene rings is 2. The number of anilines is 1. The van der Waals surface area contributed by atoms with Gasteiger partial charge in [-0.15, -0.1) is 11.3 Å². The van der Waals surface area contributed by atoms with Gasteiger partial charge in [-0.25, -0.2) is 13.4 Å². The first-order valence-corrected chi connectivity index (χ1v) is 14.8. The van der Waals surface area contributed by atoms with E-state index in [4.69, 9.17) is 23.2 Å². The number of amides is 2. The predicted molar refractivity (Wildman–Crippen MR) is 152 cm³/mol. The van der Waals surface area contributed by atoms with Crippen molar-refractivity contribution in [3.63, 3.8) is 0 Å². The number of aliphatic imine (C=N–C) groups is 1. The Morgan fingerprint density at radius 1 is 1.11 bits per heavy atom. The molecule has 2 amide bonds. The molecule has 1 aliphatic rings. The maximum atomic E-state index is 13.5. The molecule has 0 aliphatic carbocycles. The maximum absolute atomic E-state index is 13.5. The van der Waals surface area contributed by atoms with Gasteiger partial charge in [0.25, 0.3) is 5.91 Å². The lowest BCUT2D eigenvalue weighted by atomic mass is 10.0. The van der Waals surface area contributed by atoms with Gasteiger partial charge in [0.1, 0.15) is 15.3 Å². The number of nitrogens with one attached hydrogen (secondary N) is 2. The summed E-state index contributed by atoms with van der Waals surface area (Å²) in [5.41, 5.74) is 2.67. The minimum atomic E-state index is -4.18. The third-order valence-electron chi connectivity index (χ3n) is 5.91. The Bertz CT molecular complexity index is 1490. The van der Waals surface area contributed by atoms with E-state index in [0.29, 0.717) is 11.4 Å². The van der Waals surface area contributed by atoms with E-state index >= 15 is 0 Å². The number of carbonyl (C=O) groups is 2. The fourth-order valence-corrected chi connectivity index (χ4v) is 7.47. The van der Waals surface area contributed by atoms with Crippen LogP contribution in [0.2, 0.25) is 8.67 Å². The highest BCUT2D eigenvalue weighted by Gasteiger charge is 2.35. The van der Waals surface area contributed by atoms with Crippen LogP contribution in [0.4, 0.5) is 5.69 Å². The number of sulfonamides is 1. The summed E-state index contributed by atoms with van der Waals surface area (Å²) in [4.78, 5) is 32.8. The molecular formula is C26H26Cl2N4O4S2. The average Bonchev–Trinajstić information content (AvgIpc) is 3.19. The van der Waals surface area contributed by atoms with Gasteiger partial charge in [0, 0.05) is 18.2 Å². The fourth-order valence-electron chi connectivity index (χ4n) is 4.12. The molecule has 0 radical (unpaired) electrons. The van der Waals surface area contributed by atoms with Gasteiger partial charge in [0.05, 0.1) is 15.7 Å². The van der Waals surface area contributed by atoms with Crippen LogP contribution < -0.4 is 14.9 Å². The van der Waals surface area contributed by atoms with Crippen LogP contribution in [0.3, 0.4) is 0 Å². The third kappa shape index (κ3) is 6.10. The molecule has 12 heteroatoms. The van der Waals surface area contributed by atoms with Gasteiger partial charge in [0.2, 0.25) is 22.1 Å². The summed E-state index contributed by atoms with van der Waals surface area (Å²) < 4.78 is 28.8. The van der Waals surface area contributed by atoms with E-state index < -0.39 is 34.0 Å². The van der Waals surface area contributed by atoms with Crippen LogP contribution in [0.1, 0.15) is 31.4 Å². The number of carbonyl (C=O) groups excluding carboxylic acids is 2. The first kappa shape index (κ1) is 28.3. The molecule has 38 heavy (non-hydrogen) atoms. The number of hydrogen-bond donors (Lipinski definition) is 2. The summed E-state index contributed by atoms with van der Waals surface area (Å²) in [5.74, 6) is -1.20. The molecule has 2 heterocycles. The van der Waals surface area contributed by atoms with Crippen LogP contribution >= 0.6 is 34.5 Å². The highest BCUT2D eigenvalue weighted by atomic mass is 35.5. The third-order valence-corrected chi connectivity index (χ3v) is 9.13. The number of fused-ring (bicyclic) bond motifs is 1. The van der Waals surface area contributed by atoms with Crippen LogP contribution in [0, 0.1) is 5.92 Å². The summed E-state index contributed by atoms with van der Waals surface area (Å²) in [5, 5.41) is 2.67. The first-order chi connectivity index (χ1) is 18.0. The lowest BCUT2D eigenvalue weighted by molar-refractivity contribution is -0.128. The van der Waals surface area contributed by atoms with E-state index in [2.05, 4.69) is 15.0 Å². The van der Waals surface area contributed by atoms with E-state index in [-0.39, 0.29) is 25.9 Å². The molecule has 4 rings (SSSR count). The number of nitrogens with zero attached hydrogens (tertiary/aromatic N) is 2. The predicted octanol–water partition coefficient (Wildman–Crippen LogP) is 4.70. The van der Waals surface area contributed by atoms with Crippen molar-refractivity contribution in [3.8, 4) is 0 Å². The molecule has 8 nitrogen and oxygen atoms in total. The number of likely N-dealkylation sites (N-methyl/N-ethyl adjacent to an activating group) is 1. The Kier molecular flexibility index (Phi) is 8.59. The van der Waals surface area contributed by atoms with E-state index in [1.807, 2.05) is 62.4 Å². The zero-order valence-electron chi connectivity index (χ0n) is 20.8. The highest BCUT2D eigenvalue weighted by molar-refractivity contribution is 7.89. The molecule has 1 aromatic heterocycles. The summed E-state index contributed by atoms with van der Waals surface area (Å²) in [6, 6.07) is 16.7. The minimum Gasteiger partial charge on any atom is -0.325 e. The molecule has 1 aliphatic heterocycles. The molecule has 0 saturated heterocycles. The smallest absolute Gasteiger partial charge is 0.272 e. The molecular weight excluding hydrogens is 567 g/mol. The minimum absolute atomic E-state index is 0.0124. The molecule has 2 unspecified atom stereocenters. The van der Waals surface area contributed by atoms with Crippen LogP contribution in [-0.4, -0.2) is 45.2 Å². The molecule has 3 aromatic rings. The van der Waals surface area contributed by atoms with Gasteiger partial charge in [-0.2, -0.15) is 4.72 Å². The lowest BCUT2D eigenvalue weighted by Gasteiger charge is -2.24. The largest absolute Gasteiger partial charge is 0.325 e. The molecule has 2 atom stereocenters. The Hall–Kier alpha value is -2.76. The van der Waals surface area contributed by atoms with Crippen molar-refractivity contribution in [2.75, 3.05) is 11.9 Å². The number of halogens is 2. The molecule has 0 fully saturated rings. The van der Waals surface area contributed by atoms with Crippen molar-refractivity contribution >= 4 is 67.8 Å². The monoisotopic (exact) mass is 592 g/mol. The fraction of sp³-hybridized carbons (Fsp3) is 0.269. The zero-order chi connectivity index (χ0) is 27.6. The van der Waals surface area contributed by atoms with E-state index in [1.165, 1.54) is 11.0 Å². The van der Waals surface area contributed by atoms with E-state index in [0.717, 1.165) is 22.5 Å². The summed E-state index contributed by atoms with van der Waals surface area (Å²) in [6.07, 6.45) is -1.11. The molecule has 2 aromatic carbocycles. The van der Waals surface area contributed by atoms with Crippen molar-refractivity contribution in [2.45, 2.75) is 37.4 Å². The SMILES string of the molecule is CC(C)CC(NS(=O)(=O)c1cc(Cl)sc1Cl)C(=O)NC1N=C(c2ccccc2)c2ccccc2N(C)C1=O. The number of benzodiazepines with no additional fused rings is 1. The standard InChI is InChI=1S/C26H26Cl2N4O4S2/c1-15(2)13-18(31-38(35,36)20-14-21(27)37-23(20)28)25(33)30-24-26(34)32(3)19-12-8-7-11-17(19)22(29-24)16-9-5-4-6-10-16/h4-12,14-15,18,24,31H,13H2,1-3H3,(H,30,33). The number of hydrogen-bond acceptors (Lipinski definition) is 6. The topological polar surface area (TPSA) is 108 Å². The van der Waals surface area contributed by atoms with Gasteiger partial charge >= 0.3 is 0 Å². The Labute approximate surface area is 235 Å². The van der Waals surface area contributed by atoms with E-state index in [1.54, 1.807) is 13.1 Å². The number of rotatable bonds is 8. The van der Waals surface area contributed by atoms with Gasteiger partial charge < -0.3 is 10.2 Å². The zero-order valence-corrected chi connectivity index (χ0v) is 24.0. The van der Waals surface area contributed by atoms with Crippen molar-refractivity contribution in [2.24, 2.45) is 10.9 Å². The van der Waals surface area contributed by atoms with Gasteiger partial charge in [-0.1, -0.05) is 85.6 Å². The maximum Gasteiger partial charge on any atom is 0.272 e. The summed E-state index contributed by atoms with van der Waals surface area (Å²) in [6.45, 7) is 3.71. The van der Waals surface area contributed by atoms with Crippen LogP contribution in [0.5, 0.6) is 0 Å². The summed E-state index contributed by atoms with van der Waals surface area (Å²) >= 11 is 12.9. The number of thiophene rings is 1. The van der Waals surface area contributed by atoms with Crippen molar-refractivity contribution < 1.29 is 18.0 Å². The highest BCUT2D eigenvalue weighted by Crippen LogP contribution is 2.34. The van der Waals surface area contributed by atoms with Crippen molar-refractivity contribution in [1.82, 2.24) is 10.0 Å². The van der Waals surface area contributed by atoms with Crippen LogP contribution in [0.25, 0.3) is 0 Å². The Morgan fingerprint density at radius 3 is 2.39 bits per heavy atom. The Balaban J connectivity index is 1.69. The Morgan fingerprint density at radius 2 is 1.76 bits per heavy atom. The van der Waals surface area contributed by atoms with Gasteiger partial charge in [0.15, 0.2) is 0 Å². The van der Waals surface area contributed by atoms with Crippen LogP contribution in [-0.2, 0) is 19.6 Å². The van der Waals surface area contributed by atoms with Crippen molar-refractivity contribution in [3.05, 3.63) is 80.5 Å². The van der Waals surface area contributed by atoms with Gasteiger partial charge in [-0.05, 0) is 24.5 Å². The van der Waals surface area contributed by atoms with E-state index in [9.17, 15) is 18.0 Å². The molecule has 0 saturated carbocycles. The quantitative estimate of drug-likeness (QED) is 0.395. The molecule has 0 spiro atoms. The normalized spacial score (nSPS) is 16.6.